The van der Waals surface area contributed by atoms with Gasteiger partial charge in [-0.2, -0.15) is 0 Å². The first-order valence-electron chi connectivity index (χ1n) is 18.0. The van der Waals surface area contributed by atoms with Crippen LogP contribution in [0.3, 0.4) is 0 Å². The lowest BCUT2D eigenvalue weighted by Gasteiger charge is -2.30. The van der Waals surface area contributed by atoms with E-state index in [4.69, 9.17) is 9.15 Å². The molecule has 3 N–H and O–H groups in total. The summed E-state index contributed by atoms with van der Waals surface area (Å²) in [5.41, 5.74) is 1.68. The van der Waals surface area contributed by atoms with Gasteiger partial charge in [0.25, 0.3) is 5.91 Å². The Labute approximate surface area is 312 Å². The number of hydrogen-bond acceptors (Lipinski definition) is 12. The Balaban J connectivity index is 1.32. The van der Waals surface area contributed by atoms with E-state index in [0.717, 1.165) is 6.26 Å². The summed E-state index contributed by atoms with van der Waals surface area (Å²) in [6.45, 7) is 6.38. The van der Waals surface area contributed by atoms with Crippen LogP contribution in [0.1, 0.15) is 62.8 Å². The van der Waals surface area contributed by atoms with E-state index in [2.05, 4.69) is 35.9 Å². The van der Waals surface area contributed by atoms with Crippen LogP contribution >= 0.6 is 0 Å². The molecular formula is C37H46FN9O7. The number of rotatable bonds is 7. The van der Waals surface area contributed by atoms with Crippen molar-refractivity contribution in [3.63, 3.8) is 0 Å². The number of aliphatic hydroxyl groups excluding tert-OH is 1. The smallest absolute Gasteiger partial charge is 0.329 e. The van der Waals surface area contributed by atoms with Gasteiger partial charge in [0.05, 0.1) is 31.5 Å². The third kappa shape index (κ3) is 11.2. The SMILES string of the molecule is CC1=C[C@@H](O)C[C@@H](F)Cc2nc(co2)C(=O)N2CCC[C@@H]2C(=O)O[C@H](C(C)C)[C@H](CC(=O)NCCn2cc(-c3cnccn3)nn2)/C=C/C(=O)NCC=C1. The summed E-state index contributed by atoms with van der Waals surface area (Å²) < 4.78 is 27.9. The highest BCUT2D eigenvalue weighted by Gasteiger charge is 2.39. The van der Waals surface area contributed by atoms with Crippen molar-refractivity contribution in [3.05, 3.63) is 78.6 Å². The molecule has 3 aromatic heterocycles. The Morgan fingerprint density at radius 3 is 2.78 bits per heavy atom. The monoisotopic (exact) mass is 747 g/mol. The molecule has 0 radical (unpaired) electrons. The van der Waals surface area contributed by atoms with Gasteiger partial charge in [0.2, 0.25) is 11.8 Å². The molecule has 16 nitrogen and oxygen atoms in total. The average Bonchev–Trinajstić information content (AvgIpc) is 3.92. The van der Waals surface area contributed by atoms with Crippen LogP contribution in [0.2, 0.25) is 0 Å². The van der Waals surface area contributed by atoms with Gasteiger partial charge in [-0.3, -0.25) is 29.0 Å². The number of nitrogens with zero attached hydrogens (tertiary/aromatic N) is 7. The van der Waals surface area contributed by atoms with Crippen LogP contribution in [0, 0.1) is 11.8 Å². The van der Waals surface area contributed by atoms with Crippen molar-refractivity contribution in [1.82, 2.24) is 45.5 Å². The number of cyclic esters (lactones) is 1. The number of carbonyl (C=O) groups is 4. The van der Waals surface area contributed by atoms with Gasteiger partial charge in [-0.1, -0.05) is 48.9 Å². The molecule has 54 heavy (non-hydrogen) atoms. The summed E-state index contributed by atoms with van der Waals surface area (Å²) in [5.74, 6) is -3.00. The molecule has 0 saturated carbocycles. The molecular weight excluding hydrogens is 701 g/mol. The van der Waals surface area contributed by atoms with Gasteiger partial charge in [0.15, 0.2) is 11.6 Å². The normalized spacial score (nSPS) is 24.0. The van der Waals surface area contributed by atoms with Crippen molar-refractivity contribution in [2.45, 2.75) is 83.8 Å². The van der Waals surface area contributed by atoms with E-state index in [0.29, 0.717) is 36.3 Å². The Kier molecular flexibility index (Phi) is 13.9. The fourth-order valence-electron chi connectivity index (χ4n) is 6.32. The number of alkyl halides is 1. The molecule has 5 rings (SSSR count). The molecule has 3 amide bonds. The van der Waals surface area contributed by atoms with Crippen LogP contribution in [-0.4, -0.2) is 108 Å². The van der Waals surface area contributed by atoms with Gasteiger partial charge in [0.1, 0.15) is 36.0 Å². The first-order valence-corrected chi connectivity index (χ1v) is 18.0. The summed E-state index contributed by atoms with van der Waals surface area (Å²) in [5, 5.41) is 24.2. The molecule has 2 aliphatic heterocycles. The van der Waals surface area contributed by atoms with Crippen LogP contribution in [-0.2, 0) is 32.1 Å². The molecule has 0 aliphatic carbocycles. The van der Waals surface area contributed by atoms with Crippen LogP contribution in [0.4, 0.5) is 4.39 Å². The molecule has 17 heteroatoms. The minimum atomic E-state index is -1.50. The van der Waals surface area contributed by atoms with Crippen molar-refractivity contribution in [1.29, 1.82) is 0 Å². The number of aromatic nitrogens is 6. The number of oxazole rings is 1. The number of halogens is 1. The van der Waals surface area contributed by atoms with Gasteiger partial charge < -0.3 is 29.8 Å². The second kappa shape index (κ2) is 19.0. The van der Waals surface area contributed by atoms with E-state index in [1.54, 1.807) is 54.6 Å². The molecule has 5 heterocycles. The average molecular weight is 748 g/mol. The second-order valence-electron chi connectivity index (χ2n) is 13.6. The molecule has 1 fully saturated rings. The van der Waals surface area contributed by atoms with E-state index >= 15 is 0 Å². The fraction of sp³-hybridized carbons (Fsp3) is 0.486. The maximum absolute atomic E-state index is 14.8. The standard InChI is InChI=1S/C37H46FN9O7/c1-23(2)35-25(17-33(50)42-13-15-46-21-29(44-45-46)28-20-39-11-12-40-28)8-9-32(49)41-10-4-6-24(3)16-27(48)18-26(38)19-34-43-30(22-53-34)36(51)47-14-5-7-31(47)37(52)54-35/h4,6,8-9,11-12,16,20-23,25-27,31,35,48H,5,7,10,13-15,17-19H2,1-3H3,(H,41,49)(H,42,50)/b6-4?,9-8+,24-16?/t25-,26+,27+,31+,35+/m0/s1. The maximum Gasteiger partial charge on any atom is 0.329 e. The lowest BCUT2D eigenvalue weighted by molar-refractivity contribution is -0.159. The molecule has 0 unspecified atom stereocenters. The highest BCUT2D eigenvalue weighted by atomic mass is 19.1. The van der Waals surface area contributed by atoms with Crippen LogP contribution < -0.4 is 10.6 Å². The second-order valence-corrected chi connectivity index (χ2v) is 13.6. The predicted octanol–water partition coefficient (Wildman–Crippen LogP) is 2.54. The quantitative estimate of drug-likeness (QED) is 0.298. The van der Waals surface area contributed by atoms with Crippen LogP contribution in [0.15, 0.2) is 71.4 Å². The molecule has 288 valence electrons. The highest BCUT2D eigenvalue weighted by Crippen LogP contribution is 2.27. The number of esters is 1. The number of aliphatic hydroxyl groups is 1. The van der Waals surface area contributed by atoms with Crippen LogP contribution in [0.25, 0.3) is 11.4 Å². The summed E-state index contributed by atoms with van der Waals surface area (Å²) in [7, 11) is 0. The van der Waals surface area contributed by atoms with E-state index in [1.807, 2.05) is 13.8 Å². The number of hydrogen-bond donors (Lipinski definition) is 3. The third-order valence-corrected chi connectivity index (χ3v) is 8.95. The number of amides is 3. The molecule has 0 aromatic carbocycles. The van der Waals surface area contributed by atoms with Crippen molar-refractivity contribution in [3.8, 4) is 11.4 Å². The lowest BCUT2D eigenvalue weighted by Crippen LogP contribution is -2.44. The molecule has 1 saturated heterocycles. The summed E-state index contributed by atoms with van der Waals surface area (Å²) in [6, 6.07) is -0.928. The first kappa shape index (κ1) is 39.6. The van der Waals surface area contributed by atoms with E-state index in [9.17, 15) is 28.7 Å². The molecule has 5 atom stereocenters. The Morgan fingerprint density at radius 2 is 2.00 bits per heavy atom. The van der Waals surface area contributed by atoms with Gasteiger partial charge in [-0.25, -0.2) is 14.2 Å². The topological polar surface area (TPSA) is 208 Å². The van der Waals surface area contributed by atoms with Crippen molar-refractivity contribution in [2.75, 3.05) is 19.6 Å². The minimum Gasteiger partial charge on any atom is -0.460 e. The Bertz CT molecular complexity index is 1840. The van der Waals surface area contributed by atoms with E-state index in [-0.39, 0.29) is 62.3 Å². The fourth-order valence-corrected chi connectivity index (χ4v) is 6.32. The van der Waals surface area contributed by atoms with Gasteiger partial charge in [0, 0.05) is 50.8 Å². The predicted molar refractivity (Wildman–Crippen MR) is 192 cm³/mol. The highest BCUT2D eigenvalue weighted by molar-refractivity contribution is 5.95. The molecule has 2 aliphatic rings. The number of nitrogens with one attached hydrogen (secondary N) is 2. The van der Waals surface area contributed by atoms with Crippen LogP contribution in [0.5, 0.6) is 0 Å². The van der Waals surface area contributed by atoms with Gasteiger partial charge >= 0.3 is 5.97 Å². The minimum absolute atomic E-state index is 0.00745. The molecule has 3 aromatic rings. The van der Waals surface area contributed by atoms with Gasteiger partial charge in [-0.15, -0.1) is 5.10 Å². The third-order valence-electron chi connectivity index (χ3n) is 8.95. The molecule has 0 spiro atoms. The zero-order valence-electron chi connectivity index (χ0n) is 30.5. The number of fused-ring (bicyclic) bond motifs is 3. The van der Waals surface area contributed by atoms with Crippen molar-refractivity contribution < 1.29 is 37.8 Å². The largest absolute Gasteiger partial charge is 0.460 e. The first-order chi connectivity index (χ1) is 26.0. The molecule has 2 bridgehead atoms. The summed E-state index contributed by atoms with van der Waals surface area (Å²) in [4.78, 5) is 67.2. The zero-order chi connectivity index (χ0) is 38.6. The number of allylic oxidation sites excluding steroid dienone is 2. The van der Waals surface area contributed by atoms with E-state index in [1.165, 1.54) is 17.1 Å². The number of carbonyl (C=O) groups excluding carboxylic acids is 4. The zero-order valence-corrected chi connectivity index (χ0v) is 30.5. The maximum atomic E-state index is 14.8. The van der Waals surface area contributed by atoms with Gasteiger partial charge in [-0.05, 0) is 31.8 Å². The Hall–Kier alpha value is -5.58. The summed E-state index contributed by atoms with van der Waals surface area (Å²) in [6.07, 6.45) is 12.1. The Morgan fingerprint density at radius 1 is 1.17 bits per heavy atom. The number of ether oxygens (including phenoxy) is 1. The van der Waals surface area contributed by atoms with Crippen molar-refractivity contribution in [2.24, 2.45) is 11.8 Å². The van der Waals surface area contributed by atoms with E-state index < -0.39 is 48.1 Å². The van der Waals surface area contributed by atoms with Crippen molar-refractivity contribution >= 4 is 23.7 Å². The summed E-state index contributed by atoms with van der Waals surface area (Å²) >= 11 is 0. The lowest BCUT2D eigenvalue weighted by atomic mass is 9.89.